The Kier molecular flexibility index (Phi) is 5.89. The van der Waals surface area contributed by atoms with Gasteiger partial charge in [0.2, 0.25) is 17.7 Å². The number of ether oxygens (including phenoxy) is 2. The fourth-order valence-corrected chi connectivity index (χ4v) is 3.77. The number of carbonyl (C=O) groups is 1. The zero-order chi connectivity index (χ0) is 22.7. The summed E-state index contributed by atoms with van der Waals surface area (Å²) in [7, 11) is 3.05. The molecule has 2 N–H and O–H groups in total. The maximum absolute atomic E-state index is 12.2. The molecule has 1 atom stereocenters. The highest BCUT2D eigenvalue weighted by molar-refractivity contribution is 5.90. The maximum Gasteiger partial charge on any atom is 0.246 e. The summed E-state index contributed by atoms with van der Waals surface area (Å²) in [6, 6.07) is 3.40. The standard InChI is InChI=1S/C22H23N7O3/c1-4-19(30)28-9-5-6-15(28)12-29-22-20(21(23)24-13-25-22)16(27-29)8-7-14-10-17(31-2)26-18(11-14)32-3/h4,10-11,13,15H,1,5-6,9,12H2,2-3H3,(H2,23,24,25)/t15-/m1/s1. The third-order valence-corrected chi connectivity index (χ3v) is 5.30. The van der Waals surface area contributed by atoms with E-state index in [-0.39, 0.29) is 11.9 Å². The highest BCUT2D eigenvalue weighted by Gasteiger charge is 2.29. The van der Waals surface area contributed by atoms with Crippen molar-refractivity contribution in [3.8, 4) is 23.6 Å². The topological polar surface area (TPSA) is 121 Å². The molecule has 10 heteroatoms. The second-order valence-electron chi connectivity index (χ2n) is 7.21. The Morgan fingerprint density at radius 3 is 2.72 bits per heavy atom. The van der Waals surface area contributed by atoms with Crippen LogP contribution in [0.2, 0.25) is 0 Å². The molecule has 0 radical (unpaired) electrons. The van der Waals surface area contributed by atoms with Crippen molar-refractivity contribution >= 4 is 22.8 Å². The number of nitrogens with two attached hydrogens (primary N) is 1. The van der Waals surface area contributed by atoms with Crippen molar-refractivity contribution in [3.63, 3.8) is 0 Å². The number of hydrogen-bond donors (Lipinski definition) is 1. The Morgan fingerprint density at radius 2 is 2.03 bits per heavy atom. The van der Waals surface area contributed by atoms with Crippen LogP contribution in [0.3, 0.4) is 0 Å². The highest BCUT2D eigenvalue weighted by atomic mass is 16.5. The molecular formula is C22H23N7O3. The molecule has 0 unspecified atom stereocenters. The molecule has 0 saturated carbocycles. The number of anilines is 1. The Morgan fingerprint density at radius 1 is 1.28 bits per heavy atom. The fourth-order valence-electron chi connectivity index (χ4n) is 3.77. The molecule has 1 fully saturated rings. The molecular weight excluding hydrogens is 410 g/mol. The van der Waals surface area contributed by atoms with Gasteiger partial charge in [-0.1, -0.05) is 12.5 Å². The molecule has 4 rings (SSSR count). The van der Waals surface area contributed by atoms with Crippen molar-refractivity contribution in [2.45, 2.75) is 25.4 Å². The summed E-state index contributed by atoms with van der Waals surface area (Å²) in [6.07, 6.45) is 4.54. The van der Waals surface area contributed by atoms with E-state index < -0.39 is 0 Å². The summed E-state index contributed by atoms with van der Waals surface area (Å²) >= 11 is 0. The second-order valence-corrected chi connectivity index (χ2v) is 7.21. The quantitative estimate of drug-likeness (QED) is 0.473. The Balaban J connectivity index is 1.73. The average molecular weight is 433 g/mol. The molecule has 3 aromatic heterocycles. The lowest BCUT2D eigenvalue weighted by atomic mass is 10.2. The first-order valence-corrected chi connectivity index (χ1v) is 10.1. The lowest BCUT2D eigenvalue weighted by Gasteiger charge is -2.23. The summed E-state index contributed by atoms with van der Waals surface area (Å²) in [6.45, 7) is 4.77. The molecule has 10 nitrogen and oxygen atoms in total. The summed E-state index contributed by atoms with van der Waals surface area (Å²) in [5, 5.41) is 5.23. The Labute approximate surface area is 185 Å². The number of rotatable bonds is 5. The van der Waals surface area contributed by atoms with E-state index in [0.717, 1.165) is 12.8 Å². The molecule has 32 heavy (non-hydrogen) atoms. The Hall–Kier alpha value is -4.13. The van der Waals surface area contributed by atoms with E-state index in [1.54, 1.807) is 16.8 Å². The molecule has 3 aromatic rings. The summed E-state index contributed by atoms with van der Waals surface area (Å²) < 4.78 is 12.1. The van der Waals surface area contributed by atoms with Crippen LogP contribution < -0.4 is 15.2 Å². The second kappa shape index (κ2) is 8.93. The lowest BCUT2D eigenvalue weighted by molar-refractivity contribution is -0.127. The minimum absolute atomic E-state index is 0.00526. The molecule has 0 spiro atoms. The highest BCUT2D eigenvalue weighted by Crippen LogP contribution is 2.25. The van der Waals surface area contributed by atoms with E-state index in [0.29, 0.717) is 53.0 Å². The van der Waals surface area contributed by atoms with Crippen LogP contribution in [-0.4, -0.2) is 62.3 Å². The number of nitrogen functional groups attached to an aromatic ring is 1. The number of methoxy groups -OCH3 is 2. The van der Waals surface area contributed by atoms with E-state index >= 15 is 0 Å². The first-order valence-electron chi connectivity index (χ1n) is 10.1. The largest absolute Gasteiger partial charge is 0.481 e. The van der Waals surface area contributed by atoms with Crippen LogP contribution >= 0.6 is 0 Å². The molecule has 164 valence electrons. The van der Waals surface area contributed by atoms with Gasteiger partial charge < -0.3 is 20.1 Å². The number of hydrogen-bond acceptors (Lipinski definition) is 8. The predicted molar refractivity (Wildman–Crippen MR) is 118 cm³/mol. The van der Waals surface area contributed by atoms with E-state index in [4.69, 9.17) is 15.2 Å². The normalized spacial score (nSPS) is 15.3. The van der Waals surface area contributed by atoms with Gasteiger partial charge in [0.15, 0.2) is 5.65 Å². The first-order chi connectivity index (χ1) is 15.5. The molecule has 4 heterocycles. The van der Waals surface area contributed by atoms with Crippen LogP contribution in [0.15, 0.2) is 31.1 Å². The van der Waals surface area contributed by atoms with E-state index in [9.17, 15) is 4.79 Å². The zero-order valence-corrected chi connectivity index (χ0v) is 17.9. The van der Waals surface area contributed by atoms with Crippen LogP contribution in [-0.2, 0) is 11.3 Å². The number of pyridine rings is 1. The monoisotopic (exact) mass is 433 g/mol. The van der Waals surface area contributed by atoms with Crippen molar-refractivity contribution in [1.82, 2.24) is 29.6 Å². The predicted octanol–water partition coefficient (Wildman–Crippen LogP) is 1.40. The van der Waals surface area contributed by atoms with Gasteiger partial charge in [-0.15, -0.1) is 0 Å². The van der Waals surface area contributed by atoms with E-state index in [1.165, 1.54) is 26.6 Å². The van der Waals surface area contributed by atoms with Gasteiger partial charge in [-0.2, -0.15) is 10.1 Å². The van der Waals surface area contributed by atoms with Gasteiger partial charge in [-0.05, 0) is 24.8 Å². The van der Waals surface area contributed by atoms with E-state index in [2.05, 4.69) is 38.5 Å². The van der Waals surface area contributed by atoms with Crippen LogP contribution in [0.25, 0.3) is 11.0 Å². The summed E-state index contributed by atoms with van der Waals surface area (Å²) in [5.41, 5.74) is 7.80. The maximum atomic E-state index is 12.2. The number of carbonyl (C=O) groups excluding carboxylic acids is 1. The molecule has 1 saturated heterocycles. The van der Waals surface area contributed by atoms with Crippen molar-refractivity contribution in [2.75, 3.05) is 26.5 Å². The van der Waals surface area contributed by atoms with Gasteiger partial charge in [0.05, 0.1) is 32.2 Å². The summed E-state index contributed by atoms with van der Waals surface area (Å²) in [4.78, 5) is 26.6. The van der Waals surface area contributed by atoms with Gasteiger partial charge in [0, 0.05) is 24.2 Å². The molecule has 1 aliphatic rings. The zero-order valence-electron chi connectivity index (χ0n) is 17.9. The third kappa shape index (κ3) is 4.05. The smallest absolute Gasteiger partial charge is 0.246 e. The molecule has 0 aliphatic carbocycles. The summed E-state index contributed by atoms with van der Waals surface area (Å²) in [5.74, 6) is 7.10. The van der Waals surface area contributed by atoms with Gasteiger partial charge in [-0.3, -0.25) is 4.79 Å². The molecule has 1 aliphatic heterocycles. The molecule has 0 bridgehead atoms. The fraction of sp³-hybridized carbons (Fsp3) is 0.318. The van der Waals surface area contributed by atoms with Crippen LogP contribution in [0, 0.1) is 11.8 Å². The average Bonchev–Trinajstić information content (AvgIpc) is 3.42. The van der Waals surface area contributed by atoms with Crippen LogP contribution in [0.4, 0.5) is 5.82 Å². The lowest BCUT2D eigenvalue weighted by Crippen LogP contribution is -2.37. The van der Waals surface area contributed by atoms with Gasteiger partial charge >= 0.3 is 0 Å². The third-order valence-electron chi connectivity index (χ3n) is 5.30. The van der Waals surface area contributed by atoms with Crippen LogP contribution in [0.5, 0.6) is 11.8 Å². The van der Waals surface area contributed by atoms with Crippen molar-refractivity contribution < 1.29 is 14.3 Å². The SMILES string of the molecule is C=CC(=O)N1CCC[C@@H]1Cn1nc(C#Cc2cc(OC)nc(OC)c2)c2c(N)ncnc21. The minimum Gasteiger partial charge on any atom is -0.481 e. The molecule has 0 aromatic carbocycles. The number of fused-ring (bicyclic) bond motifs is 1. The Bertz CT molecular complexity index is 1220. The van der Waals surface area contributed by atoms with Gasteiger partial charge in [-0.25, -0.2) is 14.6 Å². The minimum atomic E-state index is -0.0845. The van der Waals surface area contributed by atoms with Gasteiger partial charge in [0.25, 0.3) is 0 Å². The molecule has 1 amide bonds. The van der Waals surface area contributed by atoms with Crippen molar-refractivity contribution in [1.29, 1.82) is 0 Å². The van der Waals surface area contributed by atoms with Crippen LogP contribution in [0.1, 0.15) is 24.1 Å². The van der Waals surface area contributed by atoms with E-state index in [1.807, 2.05) is 4.90 Å². The number of nitrogens with zero attached hydrogens (tertiary/aromatic N) is 6. The first kappa shape index (κ1) is 21.1. The van der Waals surface area contributed by atoms with Gasteiger partial charge in [0.1, 0.15) is 17.8 Å². The number of amides is 1. The number of likely N-dealkylation sites (tertiary alicyclic amines) is 1. The van der Waals surface area contributed by atoms with Crippen molar-refractivity contribution in [2.24, 2.45) is 0 Å². The number of aromatic nitrogens is 5. The van der Waals surface area contributed by atoms with Crippen molar-refractivity contribution in [3.05, 3.63) is 42.4 Å².